The van der Waals surface area contributed by atoms with Crippen molar-refractivity contribution in [2.75, 3.05) is 31.5 Å². The second-order valence-corrected chi connectivity index (χ2v) is 9.39. The van der Waals surface area contributed by atoms with Crippen LogP contribution >= 0.6 is 0 Å². The predicted octanol–water partition coefficient (Wildman–Crippen LogP) is 5.24. The molecule has 3 aromatic carbocycles. The lowest BCUT2D eigenvalue weighted by atomic mass is 10.1. The fourth-order valence-corrected chi connectivity index (χ4v) is 4.53. The van der Waals surface area contributed by atoms with Crippen molar-refractivity contribution in [1.82, 2.24) is 15.5 Å². The molecule has 0 radical (unpaired) electrons. The van der Waals surface area contributed by atoms with Gasteiger partial charge in [-0.1, -0.05) is 78.9 Å². The molecule has 0 aliphatic carbocycles. The summed E-state index contributed by atoms with van der Waals surface area (Å²) >= 11 is 0. The first-order valence-electron chi connectivity index (χ1n) is 13.1. The minimum atomic E-state index is -0.332. The van der Waals surface area contributed by atoms with Crippen molar-refractivity contribution in [3.8, 4) is 11.1 Å². The van der Waals surface area contributed by atoms with Gasteiger partial charge in [-0.3, -0.25) is 4.79 Å². The molecule has 0 saturated carbocycles. The largest absolute Gasteiger partial charge is 0.353 e. The van der Waals surface area contributed by atoms with Crippen LogP contribution in [0.3, 0.4) is 0 Å². The van der Waals surface area contributed by atoms with Crippen LogP contribution < -0.4 is 16.0 Å². The lowest BCUT2D eigenvalue weighted by molar-refractivity contribution is -0.116. The van der Waals surface area contributed by atoms with E-state index in [9.17, 15) is 9.59 Å². The van der Waals surface area contributed by atoms with Gasteiger partial charge in [0.05, 0.1) is 6.04 Å². The summed E-state index contributed by atoms with van der Waals surface area (Å²) in [5.74, 6) is -0.141. The molecule has 3 aromatic rings. The van der Waals surface area contributed by atoms with Gasteiger partial charge < -0.3 is 20.9 Å². The van der Waals surface area contributed by atoms with E-state index in [0.717, 1.165) is 29.7 Å². The predicted molar refractivity (Wildman–Crippen MR) is 150 cm³/mol. The number of benzene rings is 3. The highest BCUT2D eigenvalue weighted by atomic mass is 16.2. The van der Waals surface area contributed by atoms with Gasteiger partial charge >= 0.3 is 6.03 Å². The lowest BCUT2D eigenvalue weighted by Gasteiger charge is -2.16. The quantitative estimate of drug-likeness (QED) is 0.251. The number of nitrogens with zero attached hydrogens (tertiary/aromatic N) is 1. The van der Waals surface area contributed by atoms with Crippen LogP contribution in [-0.2, 0) is 11.2 Å². The first-order valence-corrected chi connectivity index (χ1v) is 13.1. The Morgan fingerprint density at radius 3 is 2.19 bits per heavy atom. The molecule has 192 valence electrons. The molecule has 6 nitrogen and oxygen atoms in total. The summed E-state index contributed by atoms with van der Waals surface area (Å²) in [6.07, 6.45) is 7.37. The highest BCUT2D eigenvalue weighted by Crippen LogP contribution is 2.21. The van der Waals surface area contributed by atoms with E-state index in [1.54, 1.807) is 6.08 Å². The van der Waals surface area contributed by atoms with Gasteiger partial charge in [-0.05, 0) is 74.1 Å². The van der Waals surface area contributed by atoms with Crippen molar-refractivity contribution in [2.45, 2.75) is 31.7 Å². The second-order valence-electron chi connectivity index (χ2n) is 9.39. The van der Waals surface area contributed by atoms with E-state index in [-0.39, 0.29) is 18.0 Å². The monoisotopic (exact) mass is 496 g/mol. The molecule has 4 rings (SSSR count). The molecule has 0 spiro atoms. The fourth-order valence-electron chi connectivity index (χ4n) is 4.53. The fraction of sp³-hybridized carbons (Fsp3) is 0.290. The smallest absolute Gasteiger partial charge is 0.319 e. The zero-order chi connectivity index (χ0) is 25.7. The third-order valence-electron chi connectivity index (χ3n) is 6.49. The lowest BCUT2D eigenvalue weighted by Crippen LogP contribution is -2.38. The van der Waals surface area contributed by atoms with Gasteiger partial charge in [0, 0.05) is 18.3 Å². The molecule has 1 atom stereocenters. The maximum atomic E-state index is 12.8. The van der Waals surface area contributed by atoms with E-state index in [4.69, 9.17) is 0 Å². The Morgan fingerprint density at radius 2 is 1.49 bits per heavy atom. The molecule has 3 N–H and O–H groups in total. The Kier molecular flexibility index (Phi) is 9.90. The molecule has 1 saturated heterocycles. The summed E-state index contributed by atoms with van der Waals surface area (Å²) in [5, 5.41) is 8.86. The van der Waals surface area contributed by atoms with E-state index in [1.165, 1.54) is 32.0 Å². The molecule has 0 bridgehead atoms. The molecule has 0 aromatic heterocycles. The van der Waals surface area contributed by atoms with Crippen LogP contribution in [0.15, 0.2) is 97.1 Å². The Bertz CT molecular complexity index is 1140. The van der Waals surface area contributed by atoms with Gasteiger partial charge in [-0.15, -0.1) is 0 Å². The van der Waals surface area contributed by atoms with E-state index >= 15 is 0 Å². The van der Waals surface area contributed by atoms with Gasteiger partial charge in [0.25, 0.3) is 0 Å². The van der Waals surface area contributed by atoms with Gasteiger partial charge in [-0.25, -0.2) is 4.79 Å². The molecule has 3 amide bonds. The molecule has 1 fully saturated rings. The molecule has 0 unspecified atom stereocenters. The molecule has 1 aliphatic rings. The minimum absolute atomic E-state index is 0.141. The third-order valence-corrected chi connectivity index (χ3v) is 6.49. The number of hydrogen-bond acceptors (Lipinski definition) is 3. The average molecular weight is 497 g/mol. The van der Waals surface area contributed by atoms with E-state index < -0.39 is 0 Å². The van der Waals surface area contributed by atoms with Crippen molar-refractivity contribution < 1.29 is 9.59 Å². The zero-order valence-corrected chi connectivity index (χ0v) is 21.2. The topological polar surface area (TPSA) is 73.5 Å². The number of carbonyl (C=O) groups excluding carboxylic acids is 2. The summed E-state index contributed by atoms with van der Waals surface area (Å²) in [4.78, 5) is 27.6. The van der Waals surface area contributed by atoms with Gasteiger partial charge in [0.1, 0.15) is 0 Å². The average Bonchev–Trinajstić information content (AvgIpc) is 3.45. The van der Waals surface area contributed by atoms with Crippen LogP contribution in [0, 0.1) is 0 Å². The number of anilines is 1. The molecular formula is C31H36N4O2. The summed E-state index contributed by atoms with van der Waals surface area (Å²) in [5.41, 5.74) is 4.00. The Labute approximate surface area is 219 Å². The van der Waals surface area contributed by atoms with Crippen LogP contribution in [0.4, 0.5) is 10.5 Å². The number of urea groups is 1. The molecule has 1 aliphatic heterocycles. The van der Waals surface area contributed by atoms with Crippen molar-refractivity contribution in [2.24, 2.45) is 0 Å². The summed E-state index contributed by atoms with van der Waals surface area (Å²) in [6, 6.07) is 27.1. The van der Waals surface area contributed by atoms with Crippen LogP contribution in [-0.4, -0.2) is 49.1 Å². The minimum Gasteiger partial charge on any atom is -0.353 e. The van der Waals surface area contributed by atoms with Crippen LogP contribution in [0.1, 0.15) is 24.8 Å². The van der Waals surface area contributed by atoms with Crippen molar-refractivity contribution in [3.63, 3.8) is 0 Å². The van der Waals surface area contributed by atoms with E-state index in [0.29, 0.717) is 18.7 Å². The first kappa shape index (κ1) is 26.2. The van der Waals surface area contributed by atoms with Gasteiger partial charge in [0.15, 0.2) is 0 Å². The highest BCUT2D eigenvalue weighted by Gasteiger charge is 2.12. The van der Waals surface area contributed by atoms with Crippen LogP contribution in [0.25, 0.3) is 11.1 Å². The zero-order valence-electron chi connectivity index (χ0n) is 21.2. The van der Waals surface area contributed by atoms with Crippen LogP contribution in [0.2, 0.25) is 0 Å². The Hall–Kier alpha value is -3.90. The molecule has 6 heteroatoms. The SMILES string of the molecule is O=C(/C=C/[C@@H](Cc1ccccc1)NC(=O)Nc1ccc(-c2ccccc2)cc1)NCCCN1CCCC1. The van der Waals surface area contributed by atoms with Gasteiger partial charge in [0.2, 0.25) is 5.91 Å². The van der Waals surface area contributed by atoms with Crippen molar-refractivity contribution in [1.29, 1.82) is 0 Å². The number of carbonyl (C=O) groups is 2. The van der Waals surface area contributed by atoms with Crippen LogP contribution in [0.5, 0.6) is 0 Å². The molecular weight excluding hydrogens is 460 g/mol. The second kappa shape index (κ2) is 14.0. The summed E-state index contributed by atoms with van der Waals surface area (Å²) < 4.78 is 0. The highest BCUT2D eigenvalue weighted by molar-refractivity contribution is 5.90. The number of rotatable bonds is 11. The maximum Gasteiger partial charge on any atom is 0.319 e. The van der Waals surface area contributed by atoms with E-state index in [2.05, 4.69) is 33.0 Å². The third kappa shape index (κ3) is 8.92. The number of hydrogen-bond donors (Lipinski definition) is 3. The first-order chi connectivity index (χ1) is 18.2. The number of nitrogens with one attached hydrogen (secondary N) is 3. The Balaban J connectivity index is 1.30. The molecule has 1 heterocycles. The maximum absolute atomic E-state index is 12.8. The summed E-state index contributed by atoms with van der Waals surface area (Å²) in [7, 11) is 0. The Morgan fingerprint density at radius 1 is 0.838 bits per heavy atom. The number of likely N-dealkylation sites (tertiary alicyclic amines) is 1. The normalized spacial score (nSPS) is 14.4. The van der Waals surface area contributed by atoms with Gasteiger partial charge in [-0.2, -0.15) is 0 Å². The van der Waals surface area contributed by atoms with Crippen molar-refractivity contribution in [3.05, 3.63) is 103 Å². The summed E-state index contributed by atoms with van der Waals surface area (Å²) in [6.45, 7) is 4.00. The molecule has 37 heavy (non-hydrogen) atoms. The standard InChI is InChI=1S/C31H36N4O2/c36-30(32-20-9-23-35-21-7-8-22-35)19-18-29(24-25-10-3-1-4-11-25)34-31(37)33-28-16-14-27(15-17-28)26-12-5-2-6-13-26/h1-6,10-19,29H,7-9,20-24H2,(H,32,36)(H2,33,34,37)/b19-18+/t29-/m0/s1. The van der Waals surface area contributed by atoms with E-state index in [1.807, 2.05) is 72.8 Å². The van der Waals surface area contributed by atoms with Crippen molar-refractivity contribution >= 4 is 17.6 Å². The number of amides is 3.